The van der Waals surface area contributed by atoms with Crippen LogP contribution in [0.4, 0.5) is 0 Å². The average molecular weight is 522 g/mol. The minimum atomic E-state index is 0. The number of nitrogens with one attached hydrogen (secondary N) is 2. The van der Waals surface area contributed by atoms with Crippen LogP contribution in [0, 0.1) is 5.92 Å². The molecule has 7 nitrogen and oxygen atoms in total. The number of nitrogens with zero attached hydrogens (tertiary/aromatic N) is 2. The summed E-state index contributed by atoms with van der Waals surface area (Å²) in [5.41, 5.74) is 0. The molecule has 0 radical (unpaired) electrons. The van der Waals surface area contributed by atoms with Crippen LogP contribution in [0.3, 0.4) is 0 Å². The maximum atomic E-state index is 12.6. The highest BCUT2D eigenvalue weighted by molar-refractivity contribution is 14.0. The van der Waals surface area contributed by atoms with Crippen molar-refractivity contribution in [3.63, 3.8) is 0 Å². The predicted octanol–water partition coefficient (Wildman–Crippen LogP) is 2.54. The Kier molecular flexibility index (Phi) is 11.6. The van der Waals surface area contributed by atoms with Gasteiger partial charge in [-0.2, -0.15) is 0 Å². The molecule has 0 aromatic heterocycles. The van der Waals surface area contributed by atoms with Crippen LogP contribution in [0.25, 0.3) is 0 Å². The molecular formula is C21H39IN4O3. The molecule has 0 bridgehead atoms. The fraction of sp³-hybridized carbons (Fsp3) is 0.905. The van der Waals surface area contributed by atoms with E-state index in [1.807, 2.05) is 0 Å². The van der Waals surface area contributed by atoms with Gasteiger partial charge in [0.2, 0.25) is 5.91 Å². The lowest BCUT2D eigenvalue weighted by Gasteiger charge is -2.21. The Labute approximate surface area is 192 Å². The number of carbonyl (C=O) groups is 1. The van der Waals surface area contributed by atoms with E-state index >= 15 is 0 Å². The van der Waals surface area contributed by atoms with Gasteiger partial charge in [-0.3, -0.25) is 9.79 Å². The van der Waals surface area contributed by atoms with Gasteiger partial charge in [-0.05, 0) is 45.4 Å². The Morgan fingerprint density at radius 1 is 1.21 bits per heavy atom. The van der Waals surface area contributed by atoms with Gasteiger partial charge in [0.05, 0.1) is 12.7 Å². The normalized spacial score (nSPS) is 25.3. The van der Waals surface area contributed by atoms with Crippen molar-refractivity contribution >= 4 is 35.8 Å². The molecule has 0 aromatic rings. The molecule has 1 saturated carbocycles. The third-order valence-corrected chi connectivity index (χ3v) is 5.93. The van der Waals surface area contributed by atoms with Gasteiger partial charge in [0.15, 0.2) is 5.96 Å². The lowest BCUT2D eigenvalue weighted by Crippen LogP contribution is -2.45. The fourth-order valence-corrected chi connectivity index (χ4v) is 4.37. The monoisotopic (exact) mass is 522 g/mol. The molecule has 2 unspecified atom stereocenters. The minimum Gasteiger partial charge on any atom is -0.379 e. The van der Waals surface area contributed by atoms with Crippen molar-refractivity contribution in [2.24, 2.45) is 10.9 Å². The highest BCUT2D eigenvalue weighted by atomic mass is 127. The molecule has 3 fully saturated rings. The number of amides is 1. The van der Waals surface area contributed by atoms with Crippen molar-refractivity contribution in [2.75, 3.05) is 46.0 Å². The van der Waals surface area contributed by atoms with E-state index in [2.05, 4.69) is 27.4 Å². The van der Waals surface area contributed by atoms with Gasteiger partial charge in [-0.15, -0.1) is 24.0 Å². The number of carbonyl (C=O) groups excluding carboxylic acids is 1. The summed E-state index contributed by atoms with van der Waals surface area (Å²) in [7, 11) is 0. The van der Waals surface area contributed by atoms with Crippen LogP contribution in [-0.2, 0) is 14.3 Å². The summed E-state index contributed by atoms with van der Waals surface area (Å²) < 4.78 is 11.3. The van der Waals surface area contributed by atoms with Crippen molar-refractivity contribution in [1.29, 1.82) is 0 Å². The Morgan fingerprint density at radius 3 is 2.76 bits per heavy atom. The molecule has 1 amide bonds. The molecule has 0 aromatic carbocycles. The smallest absolute Gasteiger partial charge is 0.225 e. The molecule has 2 aliphatic heterocycles. The second-order valence-corrected chi connectivity index (χ2v) is 8.22. The topological polar surface area (TPSA) is 75.2 Å². The van der Waals surface area contributed by atoms with Gasteiger partial charge in [0.1, 0.15) is 0 Å². The number of hydrogen-bond acceptors (Lipinski definition) is 4. The molecule has 168 valence electrons. The summed E-state index contributed by atoms with van der Waals surface area (Å²) >= 11 is 0. The molecule has 3 aliphatic rings. The summed E-state index contributed by atoms with van der Waals surface area (Å²) in [4.78, 5) is 19.3. The maximum absolute atomic E-state index is 12.6. The predicted molar refractivity (Wildman–Crippen MR) is 126 cm³/mol. The van der Waals surface area contributed by atoms with E-state index in [0.29, 0.717) is 24.7 Å². The lowest BCUT2D eigenvalue weighted by atomic mass is 10.1. The van der Waals surface area contributed by atoms with E-state index in [4.69, 9.17) is 9.47 Å². The lowest BCUT2D eigenvalue weighted by molar-refractivity contribution is -0.134. The molecular weight excluding hydrogens is 483 g/mol. The van der Waals surface area contributed by atoms with E-state index in [1.165, 1.54) is 12.8 Å². The van der Waals surface area contributed by atoms with Crippen molar-refractivity contribution in [1.82, 2.24) is 15.5 Å². The molecule has 29 heavy (non-hydrogen) atoms. The molecule has 2 saturated heterocycles. The Morgan fingerprint density at radius 2 is 2.03 bits per heavy atom. The summed E-state index contributed by atoms with van der Waals surface area (Å²) in [6, 6.07) is 0.291. The van der Waals surface area contributed by atoms with E-state index in [0.717, 1.165) is 83.9 Å². The summed E-state index contributed by atoms with van der Waals surface area (Å²) in [5.74, 6) is 1.49. The molecule has 3 rings (SSSR count). The van der Waals surface area contributed by atoms with Gasteiger partial charge >= 0.3 is 0 Å². The van der Waals surface area contributed by atoms with Gasteiger partial charge < -0.3 is 25.0 Å². The molecule has 2 atom stereocenters. The van der Waals surface area contributed by atoms with Crippen molar-refractivity contribution < 1.29 is 14.3 Å². The fourth-order valence-electron chi connectivity index (χ4n) is 4.37. The van der Waals surface area contributed by atoms with Crippen molar-refractivity contribution in [2.45, 2.75) is 70.4 Å². The highest BCUT2D eigenvalue weighted by Gasteiger charge is 2.32. The van der Waals surface area contributed by atoms with Crippen LogP contribution in [-0.4, -0.2) is 74.9 Å². The third-order valence-electron chi connectivity index (χ3n) is 5.93. The first-order valence-electron chi connectivity index (χ1n) is 11.3. The third kappa shape index (κ3) is 8.20. The first-order valence-corrected chi connectivity index (χ1v) is 11.3. The largest absolute Gasteiger partial charge is 0.379 e. The minimum absolute atomic E-state index is 0. The van der Waals surface area contributed by atoms with E-state index in [9.17, 15) is 4.79 Å². The Hall–Kier alpha value is -0.610. The van der Waals surface area contributed by atoms with Crippen LogP contribution in [0.5, 0.6) is 0 Å². The van der Waals surface area contributed by atoms with Gasteiger partial charge in [-0.1, -0.05) is 12.8 Å². The van der Waals surface area contributed by atoms with Gasteiger partial charge in [0, 0.05) is 51.4 Å². The molecule has 1 aliphatic carbocycles. The van der Waals surface area contributed by atoms with Crippen LogP contribution < -0.4 is 10.6 Å². The summed E-state index contributed by atoms with van der Waals surface area (Å²) in [6.45, 7) is 7.60. The number of rotatable bonds is 9. The van der Waals surface area contributed by atoms with Gasteiger partial charge in [0.25, 0.3) is 0 Å². The molecule has 8 heteroatoms. The molecule has 2 N–H and O–H groups in total. The maximum Gasteiger partial charge on any atom is 0.225 e. The number of ether oxygens (including phenoxy) is 2. The SMILES string of the molecule is CCNC(=NCCCOCC1CCCO1)NC1CCN(C(=O)C2CCCC2)C1.I. The van der Waals surface area contributed by atoms with Crippen molar-refractivity contribution in [3.8, 4) is 0 Å². The first-order chi connectivity index (χ1) is 13.8. The van der Waals surface area contributed by atoms with Crippen LogP contribution >= 0.6 is 24.0 Å². The van der Waals surface area contributed by atoms with Crippen LogP contribution in [0.15, 0.2) is 4.99 Å². The number of hydrogen-bond donors (Lipinski definition) is 2. The number of likely N-dealkylation sites (tertiary alicyclic amines) is 1. The number of guanidine groups is 1. The summed E-state index contributed by atoms with van der Waals surface area (Å²) in [5, 5.41) is 6.83. The number of aliphatic imine (C=N–C) groups is 1. The average Bonchev–Trinajstić information content (AvgIpc) is 3.47. The zero-order valence-electron chi connectivity index (χ0n) is 17.9. The van der Waals surface area contributed by atoms with E-state index in [1.54, 1.807) is 0 Å². The molecule has 0 spiro atoms. The second kappa shape index (κ2) is 13.6. The first kappa shape index (κ1) is 24.7. The highest BCUT2D eigenvalue weighted by Crippen LogP contribution is 2.27. The number of halogens is 1. The second-order valence-electron chi connectivity index (χ2n) is 8.22. The zero-order chi connectivity index (χ0) is 19.6. The quantitative estimate of drug-likeness (QED) is 0.211. The molecule has 2 heterocycles. The van der Waals surface area contributed by atoms with Crippen molar-refractivity contribution in [3.05, 3.63) is 0 Å². The Balaban J connectivity index is 0.00000300. The standard InChI is InChI=1S/C21H38N4O3.HI/c1-2-22-21(23-11-6-13-27-16-19-9-5-14-28-19)24-18-10-12-25(15-18)20(26)17-7-3-4-8-17;/h17-19H,2-16H2,1H3,(H2,22,23,24);1H. The Bertz CT molecular complexity index is 508. The van der Waals surface area contributed by atoms with Crippen LogP contribution in [0.1, 0.15) is 58.3 Å². The zero-order valence-corrected chi connectivity index (χ0v) is 20.2. The van der Waals surface area contributed by atoms with Crippen LogP contribution in [0.2, 0.25) is 0 Å². The summed E-state index contributed by atoms with van der Waals surface area (Å²) in [6.07, 6.45) is 9.03. The van der Waals surface area contributed by atoms with Gasteiger partial charge in [-0.25, -0.2) is 0 Å². The van der Waals surface area contributed by atoms with E-state index < -0.39 is 0 Å². The van der Waals surface area contributed by atoms with E-state index in [-0.39, 0.29) is 29.9 Å².